The standard InChI is InChI=1S/C14H11NO5/c16-13(17)10-11(14(18)19)20-12(15-10)9-6-8(9)7-4-2-1-3-5-7/h1-5,8-9H,6H2,(H,16,17)(H,18,19). The van der Waals surface area contributed by atoms with Crippen LogP contribution in [0, 0.1) is 0 Å². The molecule has 2 N–H and O–H groups in total. The monoisotopic (exact) mass is 273 g/mol. The first-order valence-corrected chi connectivity index (χ1v) is 6.10. The van der Waals surface area contributed by atoms with E-state index in [0.29, 0.717) is 0 Å². The summed E-state index contributed by atoms with van der Waals surface area (Å²) in [6, 6.07) is 9.71. The lowest BCUT2D eigenvalue weighted by molar-refractivity contribution is 0.0623. The Balaban J connectivity index is 1.88. The summed E-state index contributed by atoms with van der Waals surface area (Å²) in [7, 11) is 0. The van der Waals surface area contributed by atoms with Crippen molar-refractivity contribution in [1.29, 1.82) is 0 Å². The molecule has 2 aromatic rings. The summed E-state index contributed by atoms with van der Waals surface area (Å²) in [5.41, 5.74) is 0.579. The molecule has 0 aliphatic heterocycles. The molecule has 1 saturated carbocycles. The van der Waals surface area contributed by atoms with Gasteiger partial charge < -0.3 is 14.6 Å². The Morgan fingerprint density at radius 2 is 1.80 bits per heavy atom. The minimum atomic E-state index is -1.42. The molecule has 1 fully saturated rings. The van der Waals surface area contributed by atoms with Gasteiger partial charge in [0.05, 0.1) is 0 Å². The molecule has 0 amide bonds. The van der Waals surface area contributed by atoms with E-state index in [2.05, 4.69) is 4.98 Å². The highest BCUT2D eigenvalue weighted by Crippen LogP contribution is 2.54. The zero-order valence-corrected chi connectivity index (χ0v) is 10.3. The van der Waals surface area contributed by atoms with Crippen molar-refractivity contribution in [1.82, 2.24) is 4.98 Å². The van der Waals surface area contributed by atoms with E-state index in [-0.39, 0.29) is 17.7 Å². The lowest BCUT2D eigenvalue weighted by Crippen LogP contribution is -2.05. The van der Waals surface area contributed by atoms with Gasteiger partial charge in [0.2, 0.25) is 11.5 Å². The zero-order valence-electron chi connectivity index (χ0n) is 10.3. The van der Waals surface area contributed by atoms with Crippen LogP contribution in [0.25, 0.3) is 0 Å². The second-order valence-corrected chi connectivity index (χ2v) is 4.70. The second kappa shape index (κ2) is 4.48. The summed E-state index contributed by atoms with van der Waals surface area (Å²) in [6.07, 6.45) is 0.780. The van der Waals surface area contributed by atoms with E-state index in [9.17, 15) is 9.59 Å². The van der Waals surface area contributed by atoms with Crippen molar-refractivity contribution in [3.8, 4) is 0 Å². The van der Waals surface area contributed by atoms with E-state index >= 15 is 0 Å². The van der Waals surface area contributed by atoms with E-state index in [0.717, 1.165) is 12.0 Å². The molecule has 2 unspecified atom stereocenters. The number of hydrogen-bond acceptors (Lipinski definition) is 4. The first-order chi connectivity index (χ1) is 9.58. The quantitative estimate of drug-likeness (QED) is 0.886. The Hall–Kier alpha value is -2.63. The topological polar surface area (TPSA) is 101 Å². The Labute approximate surface area is 113 Å². The van der Waals surface area contributed by atoms with E-state index < -0.39 is 23.4 Å². The lowest BCUT2D eigenvalue weighted by Gasteiger charge is -1.96. The van der Waals surface area contributed by atoms with Crippen LogP contribution in [-0.4, -0.2) is 27.1 Å². The van der Waals surface area contributed by atoms with Crippen LogP contribution in [0.5, 0.6) is 0 Å². The summed E-state index contributed by atoms with van der Waals surface area (Å²) in [6.45, 7) is 0. The predicted molar refractivity (Wildman–Crippen MR) is 67.0 cm³/mol. The van der Waals surface area contributed by atoms with Gasteiger partial charge in [0.15, 0.2) is 5.89 Å². The third-order valence-corrected chi connectivity index (χ3v) is 3.38. The number of carbonyl (C=O) groups is 2. The van der Waals surface area contributed by atoms with Crippen molar-refractivity contribution >= 4 is 11.9 Å². The molecule has 3 rings (SSSR count). The van der Waals surface area contributed by atoms with Gasteiger partial charge in [-0.15, -0.1) is 0 Å². The average molecular weight is 273 g/mol. The average Bonchev–Trinajstić information content (AvgIpc) is 3.10. The molecule has 102 valence electrons. The molecule has 0 bridgehead atoms. The third-order valence-electron chi connectivity index (χ3n) is 3.38. The van der Waals surface area contributed by atoms with Crippen molar-refractivity contribution in [3.05, 3.63) is 53.2 Å². The molecule has 6 nitrogen and oxygen atoms in total. The van der Waals surface area contributed by atoms with Crippen LogP contribution in [0.1, 0.15) is 50.8 Å². The first-order valence-electron chi connectivity index (χ1n) is 6.10. The lowest BCUT2D eigenvalue weighted by atomic mass is 10.1. The van der Waals surface area contributed by atoms with Gasteiger partial charge in [0, 0.05) is 5.92 Å². The first kappa shape index (κ1) is 12.4. The molecule has 20 heavy (non-hydrogen) atoms. The Bertz CT molecular complexity index is 645. The highest BCUT2D eigenvalue weighted by Gasteiger charge is 2.44. The maximum Gasteiger partial charge on any atom is 0.374 e. The SMILES string of the molecule is O=C(O)c1nc(C2CC2c2ccccc2)oc1C(=O)O. The van der Waals surface area contributed by atoms with Crippen molar-refractivity contribution in [3.63, 3.8) is 0 Å². The fraction of sp³-hybridized carbons (Fsp3) is 0.214. The van der Waals surface area contributed by atoms with E-state index in [1.54, 1.807) is 0 Å². The number of nitrogens with zero attached hydrogens (tertiary/aromatic N) is 1. The van der Waals surface area contributed by atoms with Crippen molar-refractivity contribution in [2.45, 2.75) is 18.3 Å². The number of oxazole rings is 1. The summed E-state index contributed by atoms with van der Waals surface area (Å²) < 4.78 is 5.12. The normalized spacial score (nSPS) is 20.6. The van der Waals surface area contributed by atoms with E-state index in [4.69, 9.17) is 14.6 Å². The van der Waals surface area contributed by atoms with Gasteiger partial charge in [-0.05, 0) is 17.9 Å². The fourth-order valence-electron chi connectivity index (χ4n) is 2.32. The number of aromatic carboxylic acids is 2. The third kappa shape index (κ3) is 2.05. The molecule has 0 spiro atoms. The van der Waals surface area contributed by atoms with Crippen molar-refractivity contribution in [2.24, 2.45) is 0 Å². The fourth-order valence-corrected chi connectivity index (χ4v) is 2.32. The molecule has 1 aromatic heterocycles. The molecule has 0 radical (unpaired) electrons. The minimum Gasteiger partial charge on any atom is -0.476 e. The Kier molecular flexibility index (Phi) is 2.78. The molecular weight excluding hydrogens is 262 g/mol. The number of benzene rings is 1. The van der Waals surface area contributed by atoms with Gasteiger partial charge in [-0.1, -0.05) is 30.3 Å². The molecular formula is C14H11NO5. The minimum absolute atomic E-state index is 0.0522. The maximum atomic E-state index is 10.9. The number of rotatable bonds is 4. The van der Waals surface area contributed by atoms with Crippen LogP contribution in [0.4, 0.5) is 0 Å². The highest BCUT2D eigenvalue weighted by molar-refractivity contribution is 5.98. The number of hydrogen-bond donors (Lipinski definition) is 2. The molecule has 1 aliphatic carbocycles. The molecule has 1 aromatic carbocycles. The molecule has 1 heterocycles. The van der Waals surface area contributed by atoms with Crippen LogP contribution >= 0.6 is 0 Å². The highest BCUT2D eigenvalue weighted by atomic mass is 16.4. The van der Waals surface area contributed by atoms with Crippen LogP contribution in [0.3, 0.4) is 0 Å². The Morgan fingerprint density at radius 1 is 1.10 bits per heavy atom. The molecule has 0 saturated heterocycles. The van der Waals surface area contributed by atoms with Crippen LogP contribution in [0.2, 0.25) is 0 Å². The predicted octanol–water partition coefficient (Wildman–Crippen LogP) is 2.34. The molecule has 1 aliphatic rings. The summed E-state index contributed by atoms with van der Waals surface area (Å²) in [5, 5.41) is 17.8. The van der Waals surface area contributed by atoms with Crippen molar-refractivity contribution in [2.75, 3.05) is 0 Å². The van der Waals surface area contributed by atoms with Crippen molar-refractivity contribution < 1.29 is 24.2 Å². The summed E-state index contributed by atoms with van der Waals surface area (Å²) >= 11 is 0. The van der Waals surface area contributed by atoms with Crippen LogP contribution < -0.4 is 0 Å². The Morgan fingerprint density at radius 3 is 2.35 bits per heavy atom. The van der Waals surface area contributed by atoms with Gasteiger partial charge in [-0.3, -0.25) is 0 Å². The zero-order chi connectivity index (χ0) is 14.3. The number of carboxylic acids is 2. The molecule has 2 atom stereocenters. The number of carboxylic acid groups (broad SMARTS) is 2. The summed E-state index contributed by atoms with van der Waals surface area (Å²) in [5.74, 6) is -3.08. The van der Waals surface area contributed by atoms with E-state index in [1.165, 1.54) is 0 Å². The van der Waals surface area contributed by atoms with Gasteiger partial charge in [-0.25, -0.2) is 14.6 Å². The van der Waals surface area contributed by atoms with Crippen LogP contribution in [0.15, 0.2) is 34.7 Å². The maximum absolute atomic E-state index is 10.9. The van der Waals surface area contributed by atoms with E-state index in [1.807, 2.05) is 30.3 Å². The number of aromatic nitrogens is 1. The second-order valence-electron chi connectivity index (χ2n) is 4.70. The van der Waals surface area contributed by atoms with Gasteiger partial charge >= 0.3 is 11.9 Å². The summed E-state index contributed by atoms with van der Waals surface area (Å²) in [4.78, 5) is 25.7. The van der Waals surface area contributed by atoms with Crippen LogP contribution in [-0.2, 0) is 0 Å². The molecule has 6 heteroatoms. The smallest absolute Gasteiger partial charge is 0.374 e. The van der Waals surface area contributed by atoms with Gasteiger partial charge in [0.1, 0.15) is 0 Å². The van der Waals surface area contributed by atoms with Gasteiger partial charge in [0.25, 0.3) is 0 Å². The largest absolute Gasteiger partial charge is 0.476 e. The van der Waals surface area contributed by atoms with Gasteiger partial charge in [-0.2, -0.15) is 0 Å².